The Morgan fingerprint density at radius 1 is 1.21 bits per heavy atom. The molecule has 1 heterocycles. The zero-order valence-electron chi connectivity index (χ0n) is 18.9. The van der Waals surface area contributed by atoms with Crippen LogP contribution in [-0.4, -0.2) is 38.9 Å². The van der Waals surface area contributed by atoms with Crippen LogP contribution in [0.15, 0.2) is 53.5 Å². The van der Waals surface area contributed by atoms with Crippen LogP contribution in [-0.2, 0) is 11.3 Å². The first-order valence-electron chi connectivity index (χ1n) is 11.2. The molecule has 1 amide bonds. The van der Waals surface area contributed by atoms with Gasteiger partial charge >= 0.3 is 0 Å². The number of nitrogens with zero attached hydrogens (tertiary/aromatic N) is 4. The quantitative estimate of drug-likeness (QED) is 0.367. The predicted octanol–water partition coefficient (Wildman–Crippen LogP) is 5.77. The minimum Gasteiger partial charge on any atom is -0.325 e. The van der Waals surface area contributed by atoms with Crippen molar-refractivity contribution in [2.24, 2.45) is 4.99 Å². The molecule has 182 valence electrons. The summed E-state index contributed by atoms with van der Waals surface area (Å²) in [6.45, 7) is 1.87. The Morgan fingerprint density at radius 2 is 1.91 bits per heavy atom. The number of nitro groups is 1. The maximum absolute atomic E-state index is 14.8. The number of anilines is 1. The van der Waals surface area contributed by atoms with Crippen LogP contribution in [0.4, 0.5) is 15.8 Å². The van der Waals surface area contributed by atoms with Gasteiger partial charge in [0.05, 0.1) is 16.7 Å². The Balaban J connectivity index is 0.00000324. The van der Waals surface area contributed by atoms with E-state index < -0.39 is 16.9 Å². The Labute approximate surface area is 209 Å². The van der Waals surface area contributed by atoms with Crippen LogP contribution in [0.2, 0.25) is 0 Å². The van der Waals surface area contributed by atoms with Gasteiger partial charge in [-0.2, -0.15) is 0 Å². The summed E-state index contributed by atoms with van der Waals surface area (Å²) in [5.41, 5.74) is 0.706. The highest BCUT2D eigenvalue weighted by Gasteiger charge is 2.38. The fourth-order valence-corrected chi connectivity index (χ4v) is 5.64. The minimum atomic E-state index is -0.668. The topological polar surface area (TPSA) is 79.0 Å². The summed E-state index contributed by atoms with van der Waals surface area (Å²) in [6.07, 6.45) is 5.13. The van der Waals surface area contributed by atoms with Crippen LogP contribution >= 0.6 is 24.2 Å². The van der Waals surface area contributed by atoms with E-state index in [9.17, 15) is 19.3 Å². The normalized spacial score (nSPS) is 19.6. The van der Waals surface area contributed by atoms with E-state index in [1.54, 1.807) is 11.8 Å². The summed E-state index contributed by atoms with van der Waals surface area (Å²) in [5, 5.41) is 12.1. The van der Waals surface area contributed by atoms with Gasteiger partial charge in [0, 0.05) is 31.4 Å². The highest BCUT2D eigenvalue weighted by Crippen LogP contribution is 2.35. The lowest BCUT2D eigenvalue weighted by atomic mass is 9.96. The minimum absolute atomic E-state index is 0. The highest BCUT2D eigenvalue weighted by molar-refractivity contribution is 8.14. The number of amidine groups is 1. The van der Waals surface area contributed by atoms with Gasteiger partial charge in [-0.3, -0.25) is 24.8 Å². The molecule has 0 spiro atoms. The van der Waals surface area contributed by atoms with Gasteiger partial charge in [-0.25, -0.2) is 4.39 Å². The number of rotatable bonds is 6. The van der Waals surface area contributed by atoms with Gasteiger partial charge in [0.25, 0.3) is 5.69 Å². The molecule has 1 aliphatic carbocycles. The second-order valence-corrected chi connectivity index (χ2v) is 9.38. The van der Waals surface area contributed by atoms with E-state index in [1.807, 2.05) is 35.2 Å². The van der Waals surface area contributed by atoms with Gasteiger partial charge in [-0.15, -0.1) is 12.4 Å². The molecule has 0 bridgehead atoms. The van der Waals surface area contributed by atoms with Crippen LogP contribution in [0.25, 0.3) is 0 Å². The summed E-state index contributed by atoms with van der Waals surface area (Å²) in [6, 6.07) is 13.4. The number of hydrogen-bond acceptors (Lipinski definition) is 5. The first kappa shape index (κ1) is 26.0. The number of aliphatic imine (C=N–C) groups is 1. The van der Waals surface area contributed by atoms with Crippen molar-refractivity contribution in [3.8, 4) is 0 Å². The molecule has 10 heteroatoms. The molecule has 2 fully saturated rings. The third kappa shape index (κ3) is 5.88. The molecule has 1 unspecified atom stereocenters. The molecule has 34 heavy (non-hydrogen) atoms. The summed E-state index contributed by atoms with van der Waals surface area (Å²) in [4.78, 5) is 31.9. The van der Waals surface area contributed by atoms with Crippen molar-refractivity contribution in [1.82, 2.24) is 4.90 Å². The van der Waals surface area contributed by atoms with Crippen LogP contribution < -0.4 is 4.90 Å². The molecule has 1 atom stereocenters. The number of amides is 1. The molecular formula is C24H28ClFN4O3S. The third-order valence-corrected chi connectivity index (χ3v) is 7.13. The maximum Gasteiger partial charge on any atom is 0.271 e. The molecule has 0 aromatic heterocycles. The van der Waals surface area contributed by atoms with Gasteiger partial charge in [0.1, 0.15) is 12.0 Å². The largest absolute Gasteiger partial charge is 0.325 e. The predicted molar refractivity (Wildman–Crippen MR) is 136 cm³/mol. The van der Waals surface area contributed by atoms with Crippen molar-refractivity contribution < 1.29 is 14.1 Å². The second-order valence-electron chi connectivity index (χ2n) is 8.39. The van der Waals surface area contributed by atoms with E-state index in [1.165, 1.54) is 18.2 Å². The van der Waals surface area contributed by atoms with Crippen molar-refractivity contribution in [1.29, 1.82) is 0 Å². The van der Waals surface area contributed by atoms with Crippen LogP contribution in [0.3, 0.4) is 0 Å². The summed E-state index contributed by atoms with van der Waals surface area (Å²) < 4.78 is 14.8. The number of non-ortho nitro benzene ring substituents is 1. The van der Waals surface area contributed by atoms with Crippen molar-refractivity contribution >= 4 is 46.6 Å². The van der Waals surface area contributed by atoms with E-state index >= 15 is 0 Å². The van der Waals surface area contributed by atoms with Gasteiger partial charge in [-0.05, 0) is 24.5 Å². The summed E-state index contributed by atoms with van der Waals surface area (Å²) in [7, 11) is 0. The average Bonchev–Trinajstić information content (AvgIpc) is 3.17. The van der Waals surface area contributed by atoms with E-state index in [2.05, 4.69) is 0 Å². The Hall–Kier alpha value is -2.65. The number of hydrogen-bond donors (Lipinski definition) is 0. The molecule has 7 nitrogen and oxygen atoms in total. The van der Waals surface area contributed by atoms with Gasteiger partial charge in [0.2, 0.25) is 5.91 Å². The van der Waals surface area contributed by atoms with Crippen molar-refractivity contribution in [3.63, 3.8) is 0 Å². The number of halogens is 2. The van der Waals surface area contributed by atoms with E-state index in [4.69, 9.17) is 4.99 Å². The molecule has 1 saturated heterocycles. The van der Waals surface area contributed by atoms with Crippen LogP contribution in [0, 0.1) is 15.9 Å². The molecule has 0 N–H and O–H groups in total. The lowest BCUT2D eigenvalue weighted by Crippen LogP contribution is -2.50. The monoisotopic (exact) mass is 506 g/mol. The SMILES string of the molecule is CC(=O)N(c1cc([N+](=O)[O-])ccc1F)C1CSC(=NC2CCCCC2)N1Cc1ccccc1.Cl. The van der Waals surface area contributed by atoms with Crippen LogP contribution in [0.1, 0.15) is 44.6 Å². The first-order valence-corrected chi connectivity index (χ1v) is 12.2. The van der Waals surface area contributed by atoms with Gasteiger partial charge in [0.15, 0.2) is 5.17 Å². The van der Waals surface area contributed by atoms with E-state index in [0.717, 1.165) is 54.6 Å². The maximum atomic E-state index is 14.8. The van der Waals surface area contributed by atoms with E-state index in [0.29, 0.717) is 12.3 Å². The number of nitro benzene ring substituents is 1. The zero-order chi connectivity index (χ0) is 23.4. The fraction of sp³-hybridized carbons (Fsp3) is 0.417. The standard InChI is InChI=1S/C24H27FN4O3S.ClH/c1-17(30)28(22-14-20(29(31)32)12-13-21(22)25)23-16-33-24(26-19-10-6-3-7-11-19)27(23)15-18-8-4-2-5-9-18;/h2,4-5,8-9,12-14,19,23H,3,6-7,10-11,15-16H2,1H3;1H. The highest BCUT2D eigenvalue weighted by atomic mass is 35.5. The molecule has 2 aromatic carbocycles. The Bertz CT molecular complexity index is 1050. The molecule has 2 aliphatic rings. The number of carbonyl (C=O) groups is 1. The third-order valence-electron chi connectivity index (χ3n) is 6.07. The van der Waals surface area contributed by atoms with Crippen molar-refractivity contribution in [2.45, 2.75) is 57.8 Å². The van der Waals surface area contributed by atoms with Gasteiger partial charge < -0.3 is 4.90 Å². The summed E-state index contributed by atoms with van der Waals surface area (Å²) in [5.74, 6) is -0.546. The van der Waals surface area contributed by atoms with Crippen LogP contribution in [0.5, 0.6) is 0 Å². The fourth-order valence-electron chi connectivity index (χ4n) is 4.43. The number of benzene rings is 2. The molecule has 4 rings (SSSR count). The Morgan fingerprint density at radius 3 is 2.56 bits per heavy atom. The molecule has 1 saturated carbocycles. The van der Waals surface area contributed by atoms with E-state index in [-0.39, 0.29) is 35.7 Å². The number of thioether (sulfide) groups is 1. The average molecular weight is 507 g/mol. The van der Waals surface area contributed by atoms with Crippen molar-refractivity contribution in [2.75, 3.05) is 10.7 Å². The summed E-state index contributed by atoms with van der Waals surface area (Å²) >= 11 is 1.55. The smallest absolute Gasteiger partial charge is 0.271 e. The van der Waals surface area contributed by atoms with Crippen molar-refractivity contribution in [3.05, 3.63) is 70.0 Å². The lowest BCUT2D eigenvalue weighted by molar-refractivity contribution is -0.384. The molecule has 1 aliphatic heterocycles. The Kier molecular flexibility index (Phi) is 8.90. The molecule has 0 radical (unpaired) electrons. The lowest BCUT2D eigenvalue weighted by Gasteiger charge is -2.35. The number of carbonyl (C=O) groups excluding carboxylic acids is 1. The second kappa shape index (κ2) is 11.7. The molecular weight excluding hydrogens is 479 g/mol. The first-order chi connectivity index (χ1) is 15.9. The zero-order valence-corrected chi connectivity index (χ0v) is 20.6. The van der Waals surface area contributed by atoms with Gasteiger partial charge in [-0.1, -0.05) is 61.4 Å². The molecule has 2 aromatic rings.